The van der Waals surface area contributed by atoms with Gasteiger partial charge in [-0.15, -0.1) is 0 Å². The second kappa shape index (κ2) is 10.6. The predicted molar refractivity (Wildman–Crippen MR) is 131 cm³/mol. The van der Waals surface area contributed by atoms with Gasteiger partial charge < -0.3 is 10.1 Å². The maximum Gasteiger partial charge on any atom is 0.247 e. The van der Waals surface area contributed by atoms with Gasteiger partial charge >= 0.3 is 0 Å². The third-order valence-corrected chi connectivity index (χ3v) is 7.63. The van der Waals surface area contributed by atoms with Crippen molar-refractivity contribution in [2.75, 3.05) is 31.1 Å². The van der Waals surface area contributed by atoms with Gasteiger partial charge in [0.1, 0.15) is 11.3 Å². The van der Waals surface area contributed by atoms with Crippen molar-refractivity contribution in [2.24, 2.45) is 5.92 Å². The fraction of sp³-hybridized carbons (Fsp3) is 0.440. The van der Waals surface area contributed by atoms with E-state index in [4.69, 9.17) is 4.74 Å². The van der Waals surface area contributed by atoms with Crippen LogP contribution in [0, 0.1) is 5.92 Å². The summed E-state index contributed by atoms with van der Waals surface area (Å²) >= 11 is 0. The molecule has 3 rings (SSSR count). The van der Waals surface area contributed by atoms with E-state index in [0.29, 0.717) is 30.5 Å². The molecule has 2 aromatic rings. The van der Waals surface area contributed by atoms with Gasteiger partial charge in [0, 0.05) is 18.8 Å². The molecule has 1 N–H and O–H groups in total. The number of carbonyl (C=O) groups excluding carboxylic acids is 2. The monoisotopic (exact) mass is 487 g/mol. The molecule has 0 radical (unpaired) electrons. The summed E-state index contributed by atoms with van der Waals surface area (Å²) < 4.78 is 33.2. The van der Waals surface area contributed by atoms with E-state index < -0.39 is 27.4 Å². The van der Waals surface area contributed by atoms with Crippen LogP contribution < -0.4 is 15.0 Å². The van der Waals surface area contributed by atoms with Crippen molar-refractivity contribution < 1.29 is 22.7 Å². The highest BCUT2D eigenvalue weighted by Gasteiger charge is 2.51. The second-order valence-electron chi connectivity index (χ2n) is 8.95. The Kier molecular flexibility index (Phi) is 7.99. The largest absolute Gasteiger partial charge is 0.494 e. The van der Waals surface area contributed by atoms with Crippen molar-refractivity contribution >= 4 is 27.5 Å². The summed E-state index contributed by atoms with van der Waals surface area (Å²) in [6, 6.07) is 14.8. The van der Waals surface area contributed by atoms with Gasteiger partial charge in [0.2, 0.25) is 21.8 Å². The molecule has 0 bridgehead atoms. The minimum atomic E-state index is -3.97. The molecule has 0 spiro atoms. The topological polar surface area (TPSA) is 96.0 Å². The van der Waals surface area contributed by atoms with E-state index in [9.17, 15) is 18.0 Å². The molecule has 0 aliphatic carbocycles. The Labute approximate surface area is 201 Å². The van der Waals surface area contributed by atoms with Crippen molar-refractivity contribution in [1.82, 2.24) is 9.62 Å². The number of sulfonamides is 1. The molecule has 2 amide bonds. The van der Waals surface area contributed by atoms with Crippen molar-refractivity contribution in [2.45, 2.75) is 44.6 Å². The molecule has 1 aliphatic heterocycles. The van der Waals surface area contributed by atoms with Crippen LogP contribution in [0.4, 0.5) is 5.69 Å². The average molecular weight is 488 g/mol. The maximum atomic E-state index is 13.5. The highest BCUT2D eigenvalue weighted by atomic mass is 32.2. The Bertz CT molecular complexity index is 1100. The summed E-state index contributed by atoms with van der Waals surface area (Å²) in [5.74, 6) is 0.158. The number of hydrogen-bond acceptors (Lipinski definition) is 5. The smallest absolute Gasteiger partial charge is 0.247 e. The number of ether oxygens (including phenoxy) is 1. The van der Waals surface area contributed by atoms with Crippen LogP contribution in [0.1, 0.15) is 34.1 Å². The molecule has 184 valence electrons. The van der Waals surface area contributed by atoms with Crippen LogP contribution in [0.5, 0.6) is 5.75 Å². The molecule has 1 saturated heterocycles. The van der Waals surface area contributed by atoms with E-state index in [1.807, 2.05) is 6.92 Å². The van der Waals surface area contributed by atoms with Crippen LogP contribution in [0.3, 0.4) is 0 Å². The number of carbonyl (C=O) groups is 2. The van der Waals surface area contributed by atoms with E-state index in [1.165, 1.54) is 17.0 Å². The number of nitrogens with zero attached hydrogens (tertiary/aromatic N) is 2. The molecule has 1 fully saturated rings. The standard InChI is InChI=1S/C25H33N3O5S/c1-5-33-21-13-11-20(12-14-21)28-23(29)17-27(34(31,32)22-9-7-6-8-10-22)18-25(28,4)24(30)26-16-15-19(2)3/h6-14,19H,5,15-18H2,1-4H3,(H,26,30). The SMILES string of the molecule is CCOc1ccc(N2C(=O)CN(S(=O)(=O)c3ccccc3)CC2(C)C(=O)NCCC(C)C)cc1. The van der Waals surface area contributed by atoms with Gasteiger partial charge in [0.15, 0.2) is 0 Å². The van der Waals surface area contributed by atoms with E-state index in [0.717, 1.165) is 10.7 Å². The van der Waals surface area contributed by atoms with Gasteiger partial charge in [0.05, 0.1) is 18.0 Å². The first-order chi connectivity index (χ1) is 16.1. The maximum absolute atomic E-state index is 13.5. The molecule has 34 heavy (non-hydrogen) atoms. The van der Waals surface area contributed by atoms with Gasteiger partial charge in [0.25, 0.3) is 0 Å². The van der Waals surface area contributed by atoms with Gasteiger partial charge in [-0.05, 0) is 62.6 Å². The Hall–Kier alpha value is -2.91. The summed E-state index contributed by atoms with van der Waals surface area (Å²) in [6.07, 6.45) is 0.769. The Morgan fingerprint density at radius 3 is 2.35 bits per heavy atom. The van der Waals surface area contributed by atoms with Crippen LogP contribution >= 0.6 is 0 Å². The summed E-state index contributed by atoms with van der Waals surface area (Å²) in [5.41, 5.74) is -0.937. The third kappa shape index (κ3) is 5.42. The van der Waals surface area contributed by atoms with Crippen LogP contribution in [-0.4, -0.2) is 56.3 Å². The van der Waals surface area contributed by atoms with Crippen LogP contribution in [0.25, 0.3) is 0 Å². The van der Waals surface area contributed by atoms with Crippen molar-refractivity contribution in [3.63, 3.8) is 0 Å². The van der Waals surface area contributed by atoms with Gasteiger partial charge in [-0.25, -0.2) is 8.42 Å². The number of amides is 2. The Morgan fingerprint density at radius 2 is 1.76 bits per heavy atom. The van der Waals surface area contributed by atoms with Crippen LogP contribution in [0.15, 0.2) is 59.5 Å². The number of rotatable bonds is 9. The molecule has 9 heteroatoms. The van der Waals surface area contributed by atoms with Crippen molar-refractivity contribution in [3.8, 4) is 5.75 Å². The van der Waals surface area contributed by atoms with Crippen LogP contribution in [-0.2, 0) is 19.6 Å². The summed E-state index contributed by atoms with van der Waals surface area (Å²) in [4.78, 5) is 28.4. The molecule has 8 nitrogen and oxygen atoms in total. The Balaban J connectivity index is 1.98. The van der Waals surface area contributed by atoms with Crippen LogP contribution in [0.2, 0.25) is 0 Å². The summed E-state index contributed by atoms with van der Waals surface area (Å²) in [5, 5.41) is 2.91. The fourth-order valence-corrected chi connectivity index (χ4v) is 5.50. The molecular formula is C25H33N3O5S. The minimum Gasteiger partial charge on any atom is -0.494 e. The quantitative estimate of drug-likeness (QED) is 0.587. The molecule has 1 atom stereocenters. The molecule has 0 saturated carbocycles. The normalized spacial score (nSPS) is 19.3. The Morgan fingerprint density at radius 1 is 1.12 bits per heavy atom. The zero-order valence-corrected chi connectivity index (χ0v) is 21.0. The molecular weight excluding hydrogens is 454 g/mol. The van der Waals surface area contributed by atoms with Crippen molar-refractivity contribution in [3.05, 3.63) is 54.6 Å². The average Bonchev–Trinajstić information content (AvgIpc) is 2.80. The third-order valence-electron chi connectivity index (χ3n) is 5.82. The molecule has 1 heterocycles. The number of benzene rings is 2. The first-order valence-electron chi connectivity index (χ1n) is 11.5. The summed E-state index contributed by atoms with van der Waals surface area (Å²) in [7, 11) is -3.97. The highest BCUT2D eigenvalue weighted by Crippen LogP contribution is 2.33. The molecule has 1 aliphatic rings. The second-order valence-corrected chi connectivity index (χ2v) is 10.9. The minimum absolute atomic E-state index is 0.0832. The summed E-state index contributed by atoms with van der Waals surface area (Å²) in [6.45, 7) is 8.00. The lowest BCUT2D eigenvalue weighted by Gasteiger charge is -2.46. The van der Waals surface area contributed by atoms with Gasteiger partial charge in [-0.2, -0.15) is 4.31 Å². The first-order valence-corrected chi connectivity index (χ1v) is 12.9. The molecule has 2 aromatic carbocycles. The lowest BCUT2D eigenvalue weighted by Crippen LogP contribution is -2.70. The van der Waals surface area contributed by atoms with E-state index in [1.54, 1.807) is 49.4 Å². The fourth-order valence-electron chi connectivity index (χ4n) is 4.00. The van der Waals surface area contributed by atoms with Gasteiger partial charge in [-0.1, -0.05) is 32.0 Å². The van der Waals surface area contributed by atoms with E-state index >= 15 is 0 Å². The van der Waals surface area contributed by atoms with E-state index in [-0.39, 0.29) is 18.0 Å². The zero-order chi connectivity index (χ0) is 24.9. The van der Waals surface area contributed by atoms with Crippen molar-refractivity contribution in [1.29, 1.82) is 0 Å². The number of piperazine rings is 1. The zero-order valence-electron chi connectivity index (χ0n) is 20.2. The first kappa shape index (κ1) is 25.7. The number of hydrogen-bond donors (Lipinski definition) is 1. The number of nitrogens with one attached hydrogen (secondary N) is 1. The van der Waals surface area contributed by atoms with E-state index in [2.05, 4.69) is 19.2 Å². The molecule has 0 aromatic heterocycles. The highest BCUT2D eigenvalue weighted by molar-refractivity contribution is 7.89. The lowest BCUT2D eigenvalue weighted by atomic mass is 9.94. The van der Waals surface area contributed by atoms with Gasteiger partial charge in [-0.3, -0.25) is 14.5 Å². The predicted octanol–water partition coefficient (Wildman–Crippen LogP) is 3.04. The lowest BCUT2D eigenvalue weighted by molar-refractivity contribution is -0.132. The number of anilines is 1. The molecule has 1 unspecified atom stereocenters.